The Morgan fingerprint density at radius 1 is 0.714 bits per heavy atom. The summed E-state index contributed by atoms with van der Waals surface area (Å²) in [4.78, 5) is 0. The van der Waals surface area contributed by atoms with Gasteiger partial charge in [0.15, 0.2) is 0 Å². The van der Waals surface area contributed by atoms with Crippen molar-refractivity contribution in [3.8, 4) is 11.1 Å². The second-order valence-corrected chi connectivity index (χ2v) is 6.11. The molecule has 21 heavy (non-hydrogen) atoms. The van der Waals surface area contributed by atoms with Gasteiger partial charge in [-0.05, 0) is 49.3 Å². The zero-order chi connectivity index (χ0) is 15.2. The minimum atomic E-state index is 0.197. The van der Waals surface area contributed by atoms with Gasteiger partial charge in [0.2, 0.25) is 0 Å². The molecular formula is C19H26N2. The minimum Gasteiger partial charge on any atom is -0.328 e. The van der Waals surface area contributed by atoms with Gasteiger partial charge in [-0.25, -0.2) is 0 Å². The van der Waals surface area contributed by atoms with Crippen LogP contribution in [-0.2, 0) is 0 Å². The normalized spacial score (nSPS) is 15.4. The number of nitrogens with two attached hydrogens (primary N) is 2. The van der Waals surface area contributed by atoms with E-state index in [0.29, 0.717) is 5.92 Å². The highest BCUT2D eigenvalue weighted by molar-refractivity contribution is 5.63. The molecule has 0 saturated heterocycles. The number of benzene rings is 2. The molecule has 0 aliphatic carbocycles. The topological polar surface area (TPSA) is 52.0 Å². The second kappa shape index (κ2) is 7.39. The Balaban J connectivity index is 2.19. The van der Waals surface area contributed by atoms with Crippen LogP contribution in [0.5, 0.6) is 0 Å². The van der Waals surface area contributed by atoms with Crippen molar-refractivity contribution in [3.63, 3.8) is 0 Å². The Hall–Kier alpha value is -1.64. The van der Waals surface area contributed by atoms with Gasteiger partial charge in [0.1, 0.15) is 0 Å². The minimum absolute atomic E-state index is 0.197. The summed E-state index contributed by atoms with van der Waals surface area (Å²) in [5.74, 6) is 0.440. The molecule has 0 saturated carbocycles. The van der Waals surface area contributed by atoms with Gasteiger partial charge < -0.3 is 11.5 Å². The molecule has 2 atom stereocenters. The van der Waals surface area contributed by atoms with Gasteiger partial charge in [-0.1, -0.05) is 54.6 Å². The highest BCUT2D eigenvalue weighted by atomic mass is 14.6. The van der Waals surface area contributed by atoms with E-state index in [4.69, 9.17) is 11.5 Å². The average Bonchev–Trinajstić information content (AvgIpc) is 2.47. The molecule has 112 valence electrons. The van der Waals surface area contributed by atoms with Gasteiger partial charge in [-0.2, -0.15) is 0 Å². The lowest BCUT2D eigenvalue weighted by molar-refractivity contribution is 0.486. The molecule has 0 aliphatic rings. The van der Waals surface area contributed by atoms with Crippen molar-refractivity contribution in [2.75, 3.05) is 0 Å². The van der Waals surface area contributed by atoms with Crippen LogP contribution in [0.4, 0.5) is 0 Å². The average molecular weight is 282 g/mol. The first-order valence-electron chi connectivity index (χ1n) is 7.73. The quantitative estimate of drug-likeness (QED) is 0.844. The van der Waals surface area contributed by atoms with E-state index in [9.17, 15) is 0 Å². The summed E-state index contributed by atoms with van der Waals surface area (Å²) in [5.41, 5.74) is 15.8. The Kier molecular flexibility index (Phi) is 5.54. The standard InChI is InChI=1S/C19H26N2/c1-14(20)12-19(13-15(2)21)18-10-8-17(9-11-18)16-6-4-3-5-7-16/h3-11,14-15,19H,12-13,20-21H2,1-2H3. The molecule has 0 radical (unpaired) electrons. The largest absolute Gasteiger partial charge is 0.328 e. The fourth-order valence-electron chi connectivity index (χ4n) is 2.84. The Morgan fingerprint density at radius 2 is 1.19 bits per heavy atom. The summed E-state index contributed by atoms with van der Waals surface area (Å²) in [6.45, 7) is 4.12. The van der Waals surface area contributed by atoms with E-state index >= 15 is 0 Å². The van der Waals surface area contributed by atoms with Crippen LogP contribution in [0.25, 0.3) is 11.1 Å². The van der Waals surface area contributed by atoms with Gasteiger partial charge in [-0.15, -0.1) is 0 Å². The summed E-state index contributed by atoms with van der Waals surface area (Å²) in [6, 6.07) is 19.7. The lowest BCUT2D eigenvalue weighted by Gasteiger charge is -2.21. The molecule has 0 heterocycles. The molecule has 0 bridgehead atoms. The van der Waals surface area contributed by atoms with Crippen LogP contribution >= 0.6 is 0 Å². The summed E-state index contributed by atoms with van der Waals surface area (Å²) < 4.78 is 0. The predicted molar refractivity (Wildman–Crippen MR) is 91.2 cm³/mol. The molecular weight excluding hydrogens is 256 g/mol. The highest BCUT2D eigenvalue weighted by Crippen LogP contribution is 2.28. The van der Waals surface area contributed by atoms with Crippen LogP contribution < -0.4 is 11.5 Å². The monoisotopic (exact) mass is 282 g/mol. The molecule has 2 unspecified atom stereocenters. The molecule has 2 aromatic carbocycles. The molecule has 0 aromatic heterocycles. The predicted octanol–water partition coefficient (Wildman–Crippen LogP) is 3.91. The molecule has 0 aliphatic heterocycles. The van der Waals surface area contributed by atoms with E-state index in [-0.39, 0.29) is 12.1 Å². The first-order valence-corrected chi connectivity index (χ1v) is 7.73. The van der Waals surface area contributed by atoms with E-state index in [1.54, 1.807) is 0 Å². The van der Waals surface area contributed by atoms with E-state index in [1.807, 2.05) is 6.07 Å². The van der Waals surface area contributed by atoms with Gasteiger partial charge in [0.05, 0.1) is 0 Å². The maximum atomic E-state index is 5.99. The summed E-state index contributed by atoms with van der Waals surface area (Å²) in [5, 5.41) is 0. The molecule has 0 fully saturated rings. The van der Waals surface area contributed by atoms with Gasteiger partial charge >= 0.3 is 0 Å². The summed E-state index contributed by atoms with van der Waals surface area (Å²) >= 11 is 0. The highest BCUT2D eigenvalue weighted by Gasteiger charge is 2.15. The van der Waals surface area contributed by atoms with Crippen molar-refractivity contribution in [1.29, 1.82) is 0 Å². The molecule has 0 spiro atoms. The van der Waals surface area contributed by atoms with E-state index in [1.165, 1.54) is 16.7 Å². The van der Waals surface area contributed by atoms with Crippen molar-refractivity contribution in [3.05, 3.63) is 60.2 Å². The molecule has 0 amide bonds. The fraction of sp³-hybridized carbons (Fsp3) is 0.368. The van der Waals surface area contributed by atoms with Crippen molar-refractivity contribution < 1.29 is 0 Å². The lowest BCUT2D eigenvalue weighted by Crippen LogP contribution is -2.24. The van der Waals surface area contributed by atoms with Crippen LogP contribution in [-0.4, -0.2) is 12.1 Å². The van der Waals surface area contributed by atoms with Gasteiger partial charge in [0, 0.05) is 12.1 Å². The van der Waals surface area contributed by atoms with Crippen molar-refractivity contribution in [2.24, 2.45) is 11.5 Å². The fourth-order valence-corrected chi connectivity index (χ4v) is 2.84. The molecule has 2 aromatic rings. The molecule has 2 rings (SSSR count). The van der Waals surface area contributed by atoms with Crippen LogP contribution in [0.1, 0.15) is 38.2 Å². The summed E-state index contributed by atoms with van der Waals surface area (Å²) in [6.07, 6.45) is 1.96. The molecule has 2 heteroatoms. The number of hydrogen-bond donors (Lipinski definition) is 2. The van der Waals surface area contributed by atoms with Crippen LogP contribution in [0, 0.1) is 0 Å². The van der Waals surface area contributed by atoms with Crippen molar-refractivity contribution in [2.45, 2.75) is 44.7 Å². The van der Waals surface area contributed by atoms with Crippen LogP contribution in [0.2, 0.25) is 0 Å². The smallest absolute Gasteiger partial charge is 0.00163 e. The van der Waals surface area contributed by atoms with Crippen molar-refractivity contribution in [1.82, 2.24) is 0 Å². The first kappa shape index (κ1) is 15.7. The van der Waals surface area contributed by atoms with Crippen molar-refractivity contribution >= 4 is 0 Å². The SMILES string of the molecule is CC(N)CC(CC(C)N)c1ccc(-c2ccccc2)cc1. The molecule has 4 N–H and O–H groups in total. The third-order valence-corrected chi connectivity index (χ3v) is 3.80. The van der Waals surface area contributed by atoms with Crippen LogP contribution in [0.3, 0.4) is 0 Å². The Morgan fingerprint density at radius 3 is 1.67 bits per heavy atom. The maximum Gasteiger partial charge on any atom is 0.00163 e. The van der Waals surface area contributed by atoms with Gasteiger partial charge in [-0.3, -0.25) is 0 Å². The summed E-state index contributed by atoms with van der Waals surface area (Å²) in [7, 11) is 0. The second-order valence-electron chi connectivity index (χ2n) is 6.11. The first-order chi connectivity index (χ1) is 10.1. The van der Waals surface area contributed by atoms with Crippen LogP contribution in [0.15, 0.2) is 54.6 Å². The van der Waals surface area contributed by atoms with E-state index in [0.717, 1.165) is 12.8 Å². The zero-order valence-electron chi connectivity index (χ0n) is 13.0. The maximum absolute atomic E-state index is 5.99. The lowest BCUT2D eigenvalue weighted by atomic mass is 9.87. The third-order valence-electron chi connectivity index (χ3n) is 3.80. The third kappa shape index (κ3) is 4.69. The zero-order valence-corrected chi connectivity index (χ0v) is 13.0. The number of rotatable bonds is 6. The Bertz CT molecular complexity index is 519. The Labute approximate surface area is 128 Å². The van der Waals surface area contributed by atoms with Gasteiger partial charge in [0.25, 0.3) is 0 Å². The van der Waals surface area contributed by atoms with E-state index < -0.39 is 0 Å². The number of hydrogen-bond acceptors (Lipinski definition) is 2. The molecule has 2 nitrogen and oxygen atoms in total. The van der Waals surface area contributed by atoms with E-state index in [2.05, 4.69) is 62.4 Å².